The third kappa shape index (κ3) is 3.49. The van der Waals surface area contributed by atoms with E-state index in [1.165, 1.54) is 4.90 Å². The fourth-order valence-corrected chi connectivity index (χ4v) is 2.41. The average molecular weight is 323 g/mol. The molecule has 1 heterocycles. The molecular formula is C14H18ClF3N2O. The lowest BCUT2D eigenvalue weighted by molar-refractivity contribution is 0.0532. The van der Waals surface area contributed by atoms with Gasteiger partial charge in [-0.15, -0.1) is 12.4 Å². The summed E-state index contributed by atoms with van der Waals surface area (Å²) in [5.41, 5.74) is 5.51. The second-order valence-electron chi connectivity index (χ2n) is 5.86. The highest BCUT2D eigenvalue weighted by Gasteiger charge is 2.35. The Bertz CT molecular complexity index is 528. The van der Waals surface area contributed by atoms with Crippen LogP contribution in [0, 0.1) is 22.9 Å². The average Bonchev–Trinajstić information content (AvgIpc) is 2.37. The largest absolute Gasteiger partial charge is 0.338 e. The molecule has 1 unspecified atom stereocenters. The van der Waals surface area contributed by atoms with E-state index in [2.05, 4.69) is 0 Å². The Morgan fingerprint density at radius 1 is 1.29 bits per heavy atom. The highest BCUT2D eigenvalue weighted by Crippen LogP contribution is 2.28. The topological polar surface area (TPSA) is 46.3 Å². The number of benzene rings is 1. The molecule has 1 amide bonds. The van der Waals surface area contributed by atoms with E-state index in [0.717, 1.165) is 12.1 Å². The Hall–Kier alpha value is -1.27. The summed E-state index contributed by atoms with van der Waals surface area (Å²) in [4.78, 5) is 13.7. The van der Waals surface area contributed by atoms with E-state index in [1.54, 1.807) is 0 Å². The molecule has 0 spiro atoms. The van der Waals surface area contributed by atoms with E-state index in [9.17, 15) is 18.0 Å². The van der Waals surface area contributed by atoms with Crippen LogP contribution in [0.25, 0.3) is 0 Å². The van der Waals surface area contributed by atoms with E-state index in [-0.39, 0.29) is 29.4 Å². The highest BCUT2D eigenvalue weighted by atomic mass is 35.5. The van der Waals surface area contributed by atoms with Gasteiger partial charge in [0.25, 0.3) is 5.91 Å². The van der Waals surface area contributed by atoms with Crippen LogP contribution in [0.15, 0.2) is 12.1 Å². The van der Waals surface area contributed by atoms with Gasteiger partial charge in [-0.1, -0.05) is 13.8 Å². The quantitative estimate of drug-likeness (QED) is 0.808. The van der Waals surface area contributed by atoms with Crippen molar-refractivity contribution in [3.8, 4) is 0 Å². The van der Waals surface area contributed by atoms with Crippen molar-refractivity contribution in [2.45, 2.75) is 26.3 Å². The van der Waals surface area contributed by atoms with Crippen LogP contribution < -0.4 is 5.73 Å². The maximum atomic E-state index is 13.2. The van der Waals surface area contributed by atoms with Gasteiger partial charge < -0.3 is 10.6 Å². The maximum Gasteiger partial charge on any atom is 0.254 e. The predicted molar refractivity (Wildman–Crippen MR) is 75.8 cm³/mol. The monoisotopic (exact) mass is 322 g/mol. The molecule has 0 saturated carbocycles. The number of nitrogens with two attached hydrogens (primary N) is 1. The van der Waals surface area contributed by atoms with Gasteiger partial charge in [0.05, 0.1) is 0 Å². The van der Waals surface area contributed by atoms with Gasteiger partial charge in [-0.2, -0.15) is 0 Å². The number of nitrogens with zero attached hydrogens (tertiary/aromatic N) is 1. The zero-order chi connectivity index (χ0) is 15.1. The molecule has 118 valence electrons. The number of carbonyl (C=O) groups is 1. The fourth-order valence-electron chi connectivity index (χ4n) is 2.41. The van der Waals surface area contributed by atoms with Crippen molar-refractivity contribution in [3.05, 3.63) is 35.1 Å². The van der Waals surface area contributed by atoms with Crippen molar-refractivity contribution >= 4 is 18.3 Å². The number of rotatable bonds is 1. The maximum absolute atomic E-state index is 13.2. The first-order valence-corrected chi connectivity index (χ1v) is 6.42. The number of carbonyl (C=O) groups excluding carboxylic acids is 1. The lowest BCUT2D eigenvalue weighted by atomic mass is 9.79. The van der Waals surface area contributed by atoms with E-state index in [4.69, 9.17) is 5.73 Å². The molecule has 0 aromatic heterocycles. The van der Waals surface area contributed by atoms with E-state index < -0.39 is 23.4 Å². The first kappa shape index (κ1) is 17.8. The van der Waals surface area contributed by atoms with Gasteiger partial charge in [0.1, 0.15) is 0 Å². The van der Waals surface area contributed by atoms with Crippen molar-refractivity contribution in [3.63, 3.8) is 0 Å². The molecule has 0 radical (unpaired) electrons. The van der Waals surface area contributed by atoms with Crippen LogP contribution >= 0.6 is 12.4 Å². The molecule has 1 aliphatic rings. The summed E-state index contributed by atoms with van der Waals surface area (Å²) < 4.78 is 39.3. The Morgan fingerprint density at radius 2 is 1.81 bits per heavy atom. The Balaban J connectivity index is 0.00000220. The number of likely N-dealkylation sites (tertiary alicyclic amines) is 1. The molecule has 0 aliphatic carbocycles. The summed E-state index contributed by atoms with van der Waals surface area (Å²) in [6.07, 6.45) is 0.616. The molecule has 0 bridgehead atoms. The van der Waals surface area contributed by atoms with Gasteiger partial charge in [-0.3, -0.25) is 4.79 Å². The summed E-state index contributed by atoms with van der Waals surface area (Å²) in [7, 11) is 0. The molecule has 1 atom stereocenters. The molecule has 2 rings (SSSR count). The first-order valence-electron chi connectivity index (χ1n) is 6.42. The van der Waals surface area contributed by atoms with Crippen LogP contribution in [-0.4, -0.2) is 29.9 Å². The molecule has 2 N–H and O–H groups in total. The van der Waals surface area contributed by atoms with Crippen LogP contribution in [0.4, 0.5) is 13.2 Å². The smallest absolute Gasteiger partial charge is 0.254 e. The number of halogens is 4. The molecule has 3 nitrogen and oxygen atoms in total. The van der Waals surface area contributed by atoms with Crippen molar-refractivity contribution in [1.29, 1.82) is 0 Å². The first-order chi connectivity index (χ1) is 9.22. The Morgan fingerprint density at radius 3 is 2.29 bits per heavy atom. The number of hydrogen-bond donors (Lipinski definition) is 1. The normalized spacial score (nSPS) is 20.9. The van der Waals surface area contributed by atoms with Crippen LogP contribution in [0.3, 0.4) is 0 Å². The van der Waals surface area contributed by atoms with Crippen molar-refractivity contribution in [2.24, 2.45) is 11.1 Å². The third-order valence-corrected chi connectivity index (χ3v) is 3.83. The Labute approximate surface area is 127 Å². The second kappa shape index (κ2) is 6.23. The third-order valence-electron chi connectivity index (χ3n) is 3.83. The van der Waals surface area contributed by atoms with E-state index in [0.29, 0.717) is 19.5 Å². The minimum absolute atomic E-state index is 0. The molecule has 21 heavy (non-hydrogen) atoms. The van der Waals surface area contributed by atoms with Gasteiger partial charge in [-0.05, 0) is 24.0 Å². The zero-order valence-electron chi connectivity index (χ0n) is 11.8. The number of hydrogen-bond acceptors (Lipinski definition) is 2. The number of amides is 1. The van der Waals surface area contributed by atoms with E-state index in [1.807, 2.05) is 13.8 Å². The molecule has 1 aliphatic heterocycles. The minimum atomic E-state index is -1.57. The van der Waals surface area contributed by atoms with E-state index >= 15 is 0 Å². The van der Waals surface area contributed by atoms with Crippen LogP contribution in [0.2, 0.25) is 0 Å². The molecule has 1 fully saturated rings. The fraction of sp³-hybridized carbons (Fsp3) is 0.500. The van der Waals surface area contributed by atoms with Gasteiger partial charge in [0.2, 0.25) is 0 Å². The van der Waals surface area contributed by atoms with Gasteiger partial charge in [-0.25, -0.2) is 13.2 Å². The summed E-state index contributed by atoms with van der Waals surface area (Å²) >= 11 is 0. The zero-order valence-corrected chi connectivity index (χ0v) is 12.6. The minimum Gasteiger partial charge on any atom is -0.338 e. The highest BCUT2D eigenvalue weighted by molar-refractivity contribution is 5.94. The lowest BCUT2D eigenvalue weighted by Gasteiger charge is -2.42. The van der Waals surface area contributed by atoms with Gasteiger partial charge >= 0.3 is 0 Å². The molecule has 1 saturated heterocycles. The van der Waals surface area contributed by atoms with Crippen molar-refractivity contribution < 1.29 is 18.0 Å². The number of piperidine rings is 1. The van der Waals surface area contributed by atoms with Gasteiger partial charge in [0, 0.05) is 24.7 Å². The van der Waals surface area contributed by atoms with Crippen molar-refractivity contribution in [1.82, 2.24) is 4.90 Å². The van der Waals surface area contributed by atoms with Crippen LogP contribution in [0.1, 0.15) is 30.6 Å². The van der Waals surface area contributed by atoms with Crippen LogP contribution in [0.5, 0.6) is 0 Å². The molecular weight excluding hydrogens is 305 g/mol. The van der Waals surface area contributed by atoms with Gasteiger partial charge in [0.15, 0.2) is 17.5 Å². The SMILES string of the molecule is CC1(C)CN(C(=O)c2cc(F)c(F)c(F)c2)CCC1N.Cl. The molecule has 1 aromatic carbocycles. The summed E-state index contributed by atoms with van der Waals surface area (Å²) in [5, 5.41) is 0. The summed E-state index contributed by atoms with van der Waals surface area (Å²) in [6, 6.07) is 1.41. The lowest BCUT2D eigenvalue weighted by Crippen LogP contribution is -2.54. The predicted octanol–water partition coefficient (Wildman–Crippen LogP) is 2.73. The molecule has 7 heteroatoms. The standard InChI is InChI=1S/C14H17F3N2O.ClH/c1-14(2)7-19(4-3-11(14)18)13(20)8-5-9(15)12(17)10(16)6-8;/h5-6,11H,3-4,7,18H2,1-2H3;1H. The van der Waals surface area contributed by atoms with Crippen LogP contribution in [-0.2, 0) is 0 Å². The second-order valence-corrected chi connectivity index (χ2v) is 5.86. The summed E-state index contributed by atoms with van der Waals surface area (Å²) in [6.45, 7) is 4.68. The Kier molecular flexibility index (Phi) is 5.28. The summed E-state index contributed by atoms with van der Waals surface area (Å²) in [5.74, 6) is -4.80. The molecule has 1 aromatic rings. The van der Waals surface area contributed by atoms with Crippen molar-refractivity contribution in [2.75, 3.05) is 13.1 Å².